The first kappa shape index (κ1) is 15.8. The lowest BCUT2D eigenvalue weighted by Crippen LogP contribution is -2.37. The van der Waals surface area contributed by atoms with E-state index in [1.54, 1.807) is 12.1 Å². The Bertz CT molecular complexity index is 374. The van der Waals surface area contributed by atoms with Crippen molar-refractivity contribution in [1.29, 1.82) is 0 Å². The van der Waals surface area contributed by atoms with Crippen LogP contribution in [0.2, 0.25) is 0 Å². The molecule has 19 heavy (non-hydrogen) atoms. The Morgan fingerprint density at radius 3 is 2.05 bits per heavy atom. The van der Waals surface area contributed by atoms with Crippen LogP contribution < -0.4 is 5.32 Å². The molecule has 0 fully saturated rings. The zero-order chi connectivity index (χ0) is 14.5. The van der Waals surface area contributed by atoms with Gasteiger partial charge in [0.1, 0.15) is 11.5 Å². The standard InChI is InChI=1S/C15H25NO3/c1-4-15(5-2,10-17)9-16-11(3)12-6-13(18)8-14(19)7-12/h6-8,11,16-19H,4-5,9-10H2,1-3H3. The predicted molar refractivity (Wildman–Crippen MR) is 76.3 cm³/mol. The summed E-state index contributed by atoms with van der Waals surface area (Å²) in [5, 5.41) is 31.9. The monoisotopic (exact) mass is 267 g/mol. The fourth-order valence-corrected chi connectivity index (χ4v) is 2.13. The summed E-state index contributed by atoms with van der Waals surface area (Å²) >= 11 is 0. The molecule has 0 saturated carbocycles. The van der Waals surface area contributed by atoms with Crippen molar-refractivity contribution < 1.29 is 15.3 Å². The molecule has 0 aliphatic heterocycles. The van der Waals surface area contributed by atoms with Crippen LogP contribution in [0, 0.1) is 5.41 Å². The van der Waals surface area contributed by atoms with Crippen molar-refractivity contribution in [2.24, 2.45) is 5.41 Å². The molecule has 0 heterocycles. The molecule has 0 aliphatic rings. The van der Waals surface area contributed by atoms with E-state index in [4.69, 9.17) is 0 Å². The summed E-state index contributed by atoms with van der Waals surface area (Å²) < 4.78 is 0. The average Bonchev–Trinajstić information content (AvgIpc) is 2.39. The molecule has 1 unspecified atom stereocenters. The molecule has 4 N–H and O–H groups in total. The zero-order valence-corrected chi connectivity index (χ0v) is 12.0. The van der Waals surface area contributed by atoms with Crippen LogP contribution in [0.5, 0.6) is 11.5 Å². The minimum Gasteiger partial charge on any atom is -0.508 e. The van der Waals surface area contributed by atoms with Crippen LogP contribution in [-0.4, -0.2) is 28.5 Å². The number of phenolic OH excluding ortho intramolecular Hbond substituents is 2. The fraction of sp³-hybridized carbons (Fsp3) is 0.600. The van der Waals surface area contributed by atoms with E-state index in [9.17, 15) is 15.3 Å². The molecule has 108 valence electrons. The number of hydrogen-bond acceptors (Lipinski definition) is 4. The Morgan fingerprint density at radius 2 is 1.63 bits per heavy atom. The van der Waals surface area contributed by atoms with Crippen molar-refractivity contribution in [3.63, 3.8) is 0 Å². The second-order valence-electron chi connectivity index (χ2n) is 5.25. The summed E-state index contributed by atoms with van der Waals surface area (Å²) in [5.41, 5.74) is 0.726. The van der Waals surface area contributed by atoms with Gasteiger partial charge in [0.25, 0.3) is 0 Å². The quantitative estimate of drug-likeness (QED) is 0.612. The van der Waals surface area contributed by atoms with Gasteiger partial charge < -0.3 is 20.6 Å². The molecule has 4 nitrogen and oxygen atoms in total. The number of hydrogen-bond donors (Lipinski definition) is 4. The van der Waals surface area contributed by atoms with E-state index in [0.29, 0.717) is 6.54 Å². The molecule has 1 rings (SSSR count). The van der Waals surface area contributed by atoms with E-state index >= 15 is 0 Å². The SMILES string of the molecule is CCC(CC)(CO)CNC(C)c1cc(O)cc(O)c1. The van der Waals surface area contributed by atoms with E-state index in [-0.39, 0.29) is 29.6 Å². The summed E-state index contributed by atoms with van der Waals surface area (Å²) in [4.78, 5) is 0. The maximum atomic E-state index is 9.53. The van der Waals surface area contributed by atoms with Crippen molar-refractivity contribution in [3.05, 3.63) is 23.8 Å². The van der Waals surface area contributed by atoms with Gasteiger partial charge in [-0.25, -0.2) is 0 Å². The number of aromatic hydroxyl groups is 2. The van der Waals surface area contributed by atoms with E-state index in [2.05, 4.69) is 19.2 Å². The third kappa shape index (κ3) is 4.11. The Labute approximate surface area is 115 Å². The maximum Gasteiger partial charge on any atom is 0.119 e. The van der Waals surface area contributed by atoms with Gasteiger partial charge in [-0.2, -0.15) is 0 Å². The molecule has 0 amide bonds. The number of benzene rings is 1. The van der Waals surface area contributed by atoms with Crippen LogP contribution in [0.25, 0.3) is 0 Å². The van der Waals surface area contributed by atoms with Gasteiger partial charge in [0.2, 0.25) is 0 Å². The largest absolute Gasteiger partial charge is 0.508 e. The first-order chi connectivity index (χ1) is 8.96. The van der Waals surface area contributed by atoms with Crippen molar-refractivity contribution in [2.75, 3.05) is 13.2 Å². The maximum absolute atomic E-state index is 9.53. The zero-order valence-electron chi connectivity index (χ0n) is 12.0. The normalized spacial score (nSPS) is 13.5. The molecule has 0 aliphatic carbocycles. The number of aliphatic hydroxyl groups excluding tert-OH is 1. The molecule has 0 radical (unpaired) electrons. The summed E-state index contributed by atoms with van der Waals surface area (Å²) in [6.07, 6.45) is 1.82. The van der Waals surface area contributed by atoms with Gasteiger partial charge in [-0.1, -0.05) is 13.8 Å². The van der Waals surface area contributed by atoms with Gasteiger partial charge >= 0.3 is 0 Å². The van der Waals surface area contributed by atoms with Crippen molar-refractivity contribution in [3.8, 4) is 11.5 Å². The predicted octanol–water partition coefficient (Wildman–Crippen LogP) is 2.55. The third-order valence-electron chi connectivity index (χ3n) is 4.04. The summed E-state index contributed by atoms with van der Waals surface area (Å²) in [5.74, 6) is 0.117. The highest BCUT2D eigenvalue weighted by Crippen LogP contribution is 2.28. The van der Waals surface area contributed by atoms with Crippen molar-refractivity contribution in [2.45, 2.75) is 39.7 Å². The minimum atomic E-state index is -0.104. The average molecular weight is 267 g/mol. The minimum absolute atomic E-state index is 0.00187. The molecule has 0 spiro atoms. The smallest absolute Gasteiger partial charge is 0.119 e. The second kappa shape index (κ2) is 6.78. The van der Waals surface area contributed by atoms with Gasteiger partial charge in [-0.15, -0.1) is 0 Å². The van der Waals surface area contributed by atoms with Crippen LogP contribution in [-0.2, 0) is 0 Å². The molecular weight excluding hydrogens is 242 g/mol. The highest BCUT2D eigenvalue weighted by molar-refractivity contribution is 5.37. The van der Waals surface area contributed by atoms with Crippen molar-refractivity contribution in [1.82, 2.24) is 5.32 Å². The fourth-order valence-electron chi connectivity index (χ4n) is 2.13. The summed E-state index contributed by atoms with van der Waals surface area (Å²) in [6.45, 7) is 6.99. The number of aliphatic hydroxyl groups is 1. The Hall–Kier alpha value is -1.26. The number of nitrogens with one attached hydrogen (secondary N) is 1. The van der Waals surface area contributed by atoms with E-state index in [1.807, 2.05) is 6.92 Å². The van der Waals surface area contributed by atoms with E-state index < -0.39 is 0 Å². The Morgan fingerprint density at radius 1 is 1.11 bits per heavy atom. The lowest BCUT2D eigenvalue weighted by Gasteiger charge is -2.31. The molecule has 0 saturated heterocycles. The first-order valence-corrected chi connectivity index (χ1v) is 6.83. The van der Waals surface area contributed by atoms with Gasteiger partial charge in [0, 0.05) is 30.7 Å². The van der Waals surface area contributed by atoms with Gasteiger partial charge in [0.05, 0.1) is 0 Å². The molecule has 0 bridgehead atoms. The van der Waals surface area contributed by atoms with Crippen LogP contribution in [0.1, 0.15) is 45.2 Å². The van der Waals surface area contributed by atoms with Crippen LogP contribution in [0.3, 0.4) is 0 Å². The van der Waals surface area contributed by atoms with Gasteiger partial charge in [-0.05, 0) is 37.5 Å². The molecular formula is C15H25NO3. The van der Waals surface area contributed by atoms with Crippen LogP contribution in [0.4, 0.5) is 0 Å². The second-order valence-corrected chi connectivity index (χ2v) is 5.25. The lowest BCUT2D eigenvalue weighted by molar-refractivity contribution is 0.110. The molecule has 1 aromatic rings. The summed E-state index contributed by atoms with van der Waals surface area (Å²) in [7, 11) is 0. The topological polar surface area (TPSA) is 72.7 Å². The Kier molecular flexibility index (Phi) is 5.63. The summed E-state index contributed by atoms with van der Waals surface area (Å²) in [6, 6.07) is 4.58. The van der Waals surface area contributed by atoms with E-state index in [1.165, 1.54) is 6.07 Å². The highest BCUT2D eigenvalue weighted by Gasteiger charge is 2.25. The van der Waals surface area contributed by atoms with Crippen LogP contribution >= 0.6 is 0 Å². The lowest BCUT2D eigenvalue weighted by atomic mass is 9.83. The Balaban J connectivity index is 2.71. The van der Waals surface area contributed by atoms with Gasteiger partial charge in [-0.3, -0.25) is 0 Å². The highest BCUT2D eigenvalue weighted by atomic mass is 16.3. The number of phenols is 2. The number of rotatable bonds is 7. The molecule has 1 atom stereocenters. The third-order valence-corrected chi connectivity index (χ3v) is 4.04. The van der Waals surface area contributed by atoms with Crippen LogP contribution in [0.15, 0.2) is 18.2 Å². The van der Waals surface area contributed by atoms with Crippen molar-refractivity contribution >= 4 is 0 Å². The molecule has 1 aromatic carbocycles. The van der Waals surface area contributed by atoms with Gasteiger partial charge in [0.15, 0.2) is 0 Å². The first-order valence-electron chi connectivity index (χ1n) is 6.83. The molecule has 4 heteroatoms. The molecule has 0 aromatic heterocycles. The van der Waals surface area contributed by atoms with E-state index in [0.717, 1.165) is 18.4 Å².